The van der Waals surface area contributed by atoms with Crippen LogP contribution in [0.4, 0.5) is 0 Å². The van der Waals surface area contributed by atoms with E-state index >= 15 is 0 Å². The highest BCUT2D eigenvalue weighted by molar-refractivity contribution is 9.10. The average Bonchev–Trinajstić information content (AvgIpc) is 2.27. The number of phenolic OH excluding ortho intramolecular Hbond substituents is 1. The number of nitrogens with one attached hydrogen (secondary N) is 2. The predicted molar refractivity (Wildman–Crippen MR) is 76.0 cm³/mol. The van der Waals surface area contributed by atoms with Gasteiger partial charge in [-0.25, -0.2) is 0 Å². The molecule has 104 valence electrons. The second kappa shape index (κ2) is 6.56. The molecule has 1 aromatic rings. The van der Waals surface area contributed by atoms with Crippen molar-refractivity contribution < 1.29 is 14.7 Å². The van der Waals surface area contributed by atoms with Crippen molar-refractivity contribution in [2.75, 3.05) is 0 Å². The molecule has 0 aromatic heterocycles. The predicted octanol–water partition coefficient (Wildman–Crippen LogP) is 1.80. The SMILES string of the molecule is CC(C)NC(=O)C(C)NC(=O)c1ccc(Br)cc1O. The summed E-state index contributed by atoms with van der Waals surface area (Å²) < 4.78 is 0.673. The van der Waals surface area contributed by atoms with Gasteiger partial charge in [0.05, 0.1) is 5.56 Å². The normalized spacial score (nSPS) is 12.1. The van der Waals surface area contributed by atoms with Crippen LogP contribution in [0.15, 0.2) is 22.7 Å². The summed E-state index contributed by atoms with van der Waals surface area (Å²) in [7, 11) is 0. The number of hydrogen-bond donors (Lipinski definition) is 3. The molecule has 0 aliphatic carbocycles. The molecule has 1 atom stereocenters. The molecule has 0 aliphatic heterocycles. The summed E-state index contributed by atoms with van der Waals surface area (Å²) in [5.41, 5.74) is 0.132. The number of hydrogen-bond acceptors (Lipinski definition) is 3. The number of benzene rings is 1. The summed E-state index contributed by atoms with van der Waals surface area (Å²) in [6.07, 6.45) is 0. The molecule has 0 saturated carbocycles. The van der Waals surface area contributed by atoms with E-state index in [2.05, 4.69) is 26.6 Å². The van der Waals surface area contributed by atoms with Crippen molar-refractivity contribution in [2.24, 2.45) is 0 Å². The van der Waals surface area contributed by atoms with Crippen molar-refractivity contribution >= 4 is 27.7 Å². The molecule has 0 heterocycles. The molecule has 3 N–H and O–H groups in total. The lowest BCUT2D eigenvalue weighted by Gasteiger charge is -2.16. The Kier molecular flexibility index (Phi) is 5.35. The average molecular weight is 329 g/mol. The lowest BCUT2D eigenvalue weighted by Crippen LogP contribution is -2.46. The van der Waals surface area contributed by atoms with Gasteiger partial charge < -0.3 is 15.7 Å². The van der Waals surface area contributed by atoms with E-state index in [4.69, 9.17) is 0 Å². The van der Waals surface area contributed by atoms with Crippen LogP contribution in [0.5, 0.6) is 5.75 Å². The van der Waals surface area contributed by atoms with E-state index in [-0.39, 0.29) is 23.3 Å². The Bertz CT molecular complexity index is 489. The van der Waals surface area contributed by atoms with Crippen LogP contribution < -0.4 is 10.6 Å². The van der Waals surface area contributed by atoms with E-state index in [1.807, 2.05) is 13.8 Å². The Hall–Kier alpha value is -1.56. The Morgan fingerprint density at radius 2 is 1.84 bits per heavy atom. The van der Waals surface area contributed by atoms with E-state index in [1.54, 1.807) is 13.0 Å². The fourth-order valence-electron chi connectivity index (χ4n) is 1.45. The zero-order chi connectivity index (χ0) is 14.6. The van der Waals surface area contributed by atoms with Crippen molar-refractivity contribution in [1.29, 1.82) is 0 Å². The van der Waals surface area contributed by atoms with Gasteiger partial charge in [0.1, 0.15) is 11.8 Å². The highest BCUT2D eigenvalue weighted by Gasteiger charge is 2.18. The molecule has 19 heavy (non-hydrogen) atoms. The monoisotopic (exact) mass is 328 g/mol. The van der Waals surface area contributed by atoms with Gasteiger partial charge in [-0.05, 0) is 39.0 Å². The Morgan fingerprint density at radius 3 is 2.37 bits per heavy atom. The van der Waals surface area contributed by atoms with Crippen LogP contribution in [-0.2, 0) is 4.79 Å². The van der Waals surface area contributed by atoms with E-state index in [0.717, 1.165) is 0 Å². The molecule has 0 fully saturated rings. The number of carbonyl (C=O) groups is 2. The molecule has 0 spiro atoms. The molecule has 0 saturated heterocycles. The second-order valence-corrected chi connectivity index (χ2v) is 5.44. The number of halogens is 1. The van der Waals surface area contributed by atoms with E-state index in [1.165, 1.54) is 12.1 Å². The molecule has 0 aliphatic rings. The number of aromatic hydroxyl groups is 1. The summed E-state index contributed by atoms with van der Waals surface area (Å²) in [5, 5.41) is 14.9. The van der Waals surface area contributed by atoms with Gasteiger partial charge >= 0.3 is 0 Å². The molecule has 1 rings (SSSR count). The summed E-state index contributed by atoms with van der Waals surface area (Å²) in [6, 6.07) is 3.90. The molecule has 0 bridgehead atoms. The molecule has 6 heteroatoms. The van der Waals surface area contributed by atoms with E-state index < -0.39 is 11.9 Å². The van der Waals surface area contributed by atoms with Crippen molar-refractivity contribution in [1.82, 2.24) is 10.6 Å². The van der Waals surface area contributed by atoms with Crippen LogP contribution >= 0.6 is 15.9 Å². The van der Waals surface area contributed by atoms with Crippen LogP contribution in [-0.4, -0.2) is 29.0 Å². The van der Waals surface area contributed by atoms with Gasteiger partial charge in [-0.1, -0.05) is 15.9 Å². The minimum atomic E-state index is -0.669. The van der Waals surface area contributed by atoms with Crippen LogP contribution in [0.25, 0.3) is 0 Å². The highest BCUT2D eigenvalue weighted by atomic mass is 79.9. The Labute approximate surface area is 120 Å². The largest absolute Gasteiger partial charge is 0.507 e. The minimum Gasteiger partial charge on any atom is -0.507 e. The summed E-state index contributed by atoms with van der Waals surface area (Å²) >= 11 is 3.19. The van der Waals surface area contributed by atoms with Crippen LogP contribution in [0, 0.1) is 0 Å². The van der Waals surface area contributed by atoms with Crippen LogP contribution in [0.2, 0.25) is 0 Å². The first-order valence-electron chi connectivity index (χ1n) is 5.91. The number of phenols is 1. The van der Waals surface area contributed by atoms with E-state index in [0.29, 0.717) is 4.47 Å². The summed E-state index contributed by atoms with van der Waals surface area (Å²) in [4.78, 5) is 23.6. The first-order chi connectivity index (χ1) is 8.81. The van der Waals surface area contributed by atoms with Gasteiger partial charge in [-0.2, -0.15) is 0 Å². The van der Waals surface area contributed by atoms with Gasteiger partial charge in [0.25, 0.3) is 5.91 Å². The number of amides is 2. The second-order valence-electron chi connectivity index (χ2n) is 4.52. The highest BCUT2D eigenvalue weighted by Crippen LogP contribution is 2.22. The minimum absolute atomic E-state index is 0.00735. The van der Waals surface area contributed by atoms with Crippen molar-refractivity contribution in [3.8, 4) is 5.75 Å². The van der Waals surface area contributed by atoms with Crippen LogP contribution in [0.3, 0.4) is 0 Å². The standard InChI is InChI=1S/C13H17BrN2O3/c1-7(2)15-12(18)8(3)16-13(19)10-5-4-9(14)6-11(10)17/h4-8,17H,1-3H3,(H,15,18)(H,16,19). The molecule has 1 aromatic carbocycles. The van der Waals surface area contributed by atoms with Crippen molar-refractivity contribution in [3.05, 3.63) is 28.2 Å². The van der Waals surface area contributed by atoms with E-state index in [9.17, 15) is 14.7 Å². The van der Waals surface area contributed by atoms with Crippen molar-refractivity contribution in [3.63, 3.8) is 0 Å². The third-order valence-electron chi connectivity index (χ3n) is 2.38. The van der Waals surface area contributed by atoms with Gasteiger partial charge in [0, 0.05) is 10.5 Å². The topological polar surface area (TPSA) is 78.4 Å². The van der Waals surface area contributed by atoms with Gasteiger partial charge in [-0.3, -0.25) is 9.59 Å². The maximum atomic E-state index is 11.9. The zero-order valence-electron chi connectivity index (χ0n) is 11.0. The zero-order valence-corrected chi connectivity index (χ0v) is 12.6. The quantitative estimate of drug-likeness (QED) is 0.788. The molecule has 2 amide bonds. The smallest absolute Gasteiger partial charge is 0.255 e. The molecular weight excluding hydrogens is 312 g/mol. The fourth-order valence-corrected chi connectivity index (χ4v) is 1.80. The number of rotatable bonds is 4. The summed E-state index contributed by atoms with van der Waals surface area (Å²) in [6.45, 7) is 5.27. The Morgan fingerprint density at radius 1 is 1.21 bits per heavy atom. The number of carbonyl (C=O) groups excluding carboxylic acids is 2. The van der Waals surface area contributed by atoms with Gasteiger partial charge in [0.2, 0.25) is 5.91 Å². The van der Waals surface area contributed by atoms with Gasteiger partial charge in [-0.15, -0.1) is 0 Å². The maximum absolute atomic E-state index is 11.9. The third kappa shape index (κ3) is 4.55. The lowest BCUT2D eigenvalue weighted by atomic mass is 10.1. The summed E-state index contributed by atoms with van der Waals surface area (Å²) in [5.74, 6) is -0.889. The molecule has 5 nitrogen and oxygen atoms in total. The maximum Gasteiger partial charge on any atom is 0.255 e. The Balaban J connectivity index is 2.71. The fraction of sp³-hybridized carbons (Fsp3) is 0.385. The van der Waals surface area contributed by atoms with Crippen molar-refractivity contribution in [2.45, 2.75) is 32.9 Å². The first-order valence-corrected chi connectivity index (χ1v) is 6.70. The molecule has 1 unspecified atom stereocenters. The lowest BCUT2D eigenvalue weighted by molar-refractivity contribution is -0.123. The third-order valence-corrected chi connectivity index (χ3v) is 2.87. The van der Waals surface area contributed by atoms with Crippen LogP contribution in [0.1, 0.15) is 31.1 Å². The molecule has 0 radical (unpaired) electrons. The first kappa shape index (κ1) is 15.5. The molecular formula is C13H17BrN2O3. The van der Waals surface area contributed by atoms with Gasteiger partial charge in [0.15, 0.2) is 0 Å².